The number of benzene rings is 1. The van der Waals surface area contributed by atoms with Crippen LogP contribution in [0.5, 0.6) is 5.75 Å². The molecule has 1 heterocycles. The van der Waals surface area contributed by atoms with Gasteiger partial charge >= 0.3 is 0 Å². The highest BCUT2D eigenvalue weighted by Gasteiger charge is 2.19. The topological polar surface area (TPSA) is 32.8 Å². The number of ether oxygens (including phenoxy) is 1. The van der Waals surface area contributed by atoms with Gasteiger partial charge in [0.25, 0.3) is 5.91 Å². The second-order valence-electron chi connectivity index (χ2n) is 5.19. The Bertz CT molecular complexity index is 537. The first-order valence-corrected chi connectivity index (χ1v) is 8.04. The van der Waals surface area contributed by atoms with Gasteiger partial charge in [-0.3, -0.25) is 9.69 Å². The van der Waals surface area contributed by atoms with Crippen LogP contribution in [0.1, 0.15) is 6.42 Å². The maximum absolute atomic E-state index is 12.3. The summed E-state index contributed by atoms with van der Waals surface area (Å²) in [4.78, 5) is 16.4. The fraction of sp³-hybridized carbons (Fsp3) is 0.438. The fourth-order valence-electron chi connectivity index (χ4n) is 2.41. The lowest BCUT2D eigenvalue weighted by Gasteiger charge is -2.21. The lowest BCUT2D eigenvalue weighted by Crippen LogP contribution is -2.38. The third kappa shape index (κ3) is 4.90. The third-order valence-electron chi connectivity index (χ3n) is 3.57. The molecule has 4 nitrogen and oxygen atoms in total. The maximum Gasteiger partial charge on any atom is 0.260 e. The molecule has 6 heteroatoms. The molecule has 0 atom stereocenters. The minimum absolute atomic E-state index is 0.0111. The molecule has 0 spiro atoms. The molecule has 1 saturated heterocycles. The SMILES string of the molecule is C=CCN1CCCN(C(=O)COc2ccc(Cl)cc2Cl)CC1. The number of hydrogen-bond donors (Lipinski definition) is 0. The van der Waals surface area contributed by atoms with E-state index in [-0.39, 0.29) is 12.5 Å². The third-order valence-corrected chi connectivity index (χ3v) is 4.10. The molecule has 0 unspecified atom stereocenters. The van der Waals surface area contributed by atoms with E-state index in [1.807, 2.05) is 11.0 Å². The van der Waals surface area contributed by atoms with Crippen molar-refractivity contribution in [3.63, 3.8) is 0 Å². The van der Waals surface area contributed by atoms with Crippen molar-refractivity contribution in [1.29, 1.82) is 0 Å². The van der Waals surface area contributed by atoms with E-state index < -0.39 is 0 Å². The van der Waals surface area contributed by atoms with Crippen LogP contribution in [0.15, 0.2) is 30.9 Å². The molecule has 1 aromatic rings. The summed E-state index contributed by atoms with van der Waals surface area (Å²) in [5.41, 5.74) is 0. The molecule has 1 aliphatic rings. The van der Waals surface area contributed by atoms with Crippen LogP contribution >= 0.6 is 23.2 Å². The van der Waals surface area contributed by atoms with E-state index in [4.69, 9.17) is 27.9 Å². The Morgan fingerprint density at radius 3 is 2.82 bits per heavy atom. The molecule has 0 radical (unpaired) electrons. The smallest absolute Gasteiger partial charge is 0.260 e. The minimum Gasteiger partial charge on any atom is -0.482 e. The van der Waals surface area contributed by atoms with Crippen LogP contribution < -0.4 is 4.74 Å². The van der Waals surface area contributed by atoms with Crippen LogP contribution in [-0.4, -0.2) is 55.0 Å². The summed E-state index contributed by atoms with van der Waals surface area (Å²) in [7, 11) is 0. The molecular formula is C16H20Cl2N2O2. The monoisotopic (exact) mass is 342 g/mol. The van der Waals surface area contributed by atoms with Gasteiger partial charge in [0.15, 0.2) is 6.61 Å². The Balaban J connectivity index is 1.85. The van der Waals surface area contributed by atoms with Crippen molar-refractivity contribution in [2.45, 2.75) is 6.42 Å². The van der Waals surface area contributed by atoms with Crippen LogP contribution in [0, 0.1) is 0 Å². The van der Waals surface area contributed by atoms with Gasteiger partial charge in [-0.1, -0.05) is 29.3 Å². The molecule has 1 aliphatic heterocycles. The largest absolute Gasteiger partial charge is 0.482 e. The van der Waals surface area contributed by atoms with Gasteiger partial charge in [-0.05, 0) is 24.6 Å². The molecule has 120 valence electrons. The van der Waals surface area contributed by atoms with Gasteiger partial charge < -0.3 is 9.64 Å². The zero-order valence-electron chi connectivity index (χ0n) is 12.4. The van der Waals surface area contributed by atoms with Gasteiger partial charge in [0.2, 0.25) is 0 Å². The van der Waals surface area contributed by atoms with Crippen LogP contribution in [0.4, 0.5) is 0 Å². The number of halogens is 2. The second-order valence-corrected chi connectivity index (χ2v) is 6.03. The summed E-state index contributed by atoms with van der Waals surface area (Å²) < 4.78 is 5.51. The Morgan fingerprint density at radius 2 is 2.09 bits per heavy atom. The lowest BCUT2D eigenvalue weighted by molar-refractivity contribution is -0.133. The van der Waals surface area contributed by atoms with Crippen molar-refractivity contribution in [3.05, 3.63) is 40.9 Å². The van der Waals surface area contributed by atoms with E-state index in [1.54, 1.807) is 18.2 Å². The Hall–Kier alpha value is -1.23. The summed E-state index contributed by atoms with van der Waals surface area (Å²) in [6.07, 6.45) is 2.85. The first-order valence-electron chi connectivity index (χ1n) is 7.29. The van der Waals surface area contributed by atoms with E-state index >= 15 is 0 Å². The maximum atomic E-state index is 12.3. The molecule has 1 aromatic carbocycles. The van der Waals surface area contributed by atoms with Crippen LogP contribution in [0.25, 0.3) is 0 Å². The van der Waals surface area contributed by atoms with Gasteiger partial charge in [0, 0.05) is 37.7 Å². The van der Waals surface area contributed by atoms with Crippen molar-refractivity contribution in [2.75, 3.05) is 39.3 Å². The van der Waals surface area contributed by atoms with E-state index in [0.29, 0.717) is 22.3 Å². The highest BCUT2D eigenvalue weighted by molar-refractivity contribution is 6.35. The first-order chi connectivity index (χ1) is 10.6. The van der Waals surface area contributed by atoms with Gasteiger partial charge in [0.1, 0.15) is 5.75 Å². The van der Waals surface area contributed by atoms with E-state index in [2.05, 4.69) is 11.5 Å². The van der Waals surface area contributed by atoms with Crippen LogP contribution in [0.3, 0.4) is 0 Å². The predicted molar refractivity (Wildman–Crippen MR) is 89.8 cm³/mol. The normalized spacial score (nSPS) is 16.2. The van der Waals surface area contributed by atoms with Gasteiger partial charge in [-0.15, -0.1) is 6.58 Å². The summed E-state index contributed by atoms with van der Waals surface area (Å²) in [6, 6.07) is 4.96. The summed E-state index contributed by atoms with van der Waals surface area (Å²) >= 11 is 11.9. The molecule has 0 aliphatic carbocycles. The van der Waals surface area contributed by atoms with Crippen molar-refractivity contribution >= 4 is 29.1 Å². The number of amides is 1. The minimum atomic E-state index is -0.0218. The zero-order chi connectivity index (χ0) is 15.9. The van der Waals surface area contributed by atoms with Crippen LogP contribution in [0.2, 0.25) is 10.0 Å². The number of hydrogen-bond acceptors (Lipinski definition) is 3. The summed E-state index contributed by atoms with van der Waals surface area (Å²) in [5.74, 6) is 0.453. The summed E-state index contributed by atoms with van der Waals surface area (Å²) in [6.45, 7) is 7.91. The number of rotatable bonds is 5. The van der Waals surface area contributed by atoms with Crippen molar-refractivity contribution in [3.8, 4) is 5.75 Å². The summed E-state index contributed by atoms with van der Waals surface area (Å²) in [5, 5.41) is 0.951. The predicted octanol–water partition coefficient (Wildman–Crippen LogP) is 3.09. The molecule has 1 amide bonds. The number of carbonyl (C=O) groups excluding carboxylic acids is 1. The Morgan fingerprint density at radius 1 is 1.27 bits per heavy atom. The fourth-order valence-corrected chi connectivity index (χ4v) is 2.87. The molecule has 0 aromatic heterocycles. The second kappa shape index (κ2) is 8.42. The van der Waals surface area contributed by atoms with Gasteiger partial charge in [0.05, 0.1) is 5.02 Å². The number of carbonyl (C=O) groups is 1. The van der Waals surface area contributed by atoms with Crippen molar-refractivity contribution in [1.82, 2.24) is 9.80 Å². The van der Waals surface area contributed by atoms with Gasteiger partial charge in [-0.2, -0.15) is 0 Å². The average Bonchev–Trinajstić information content (AvgIpc) is 2.72. The average molecular weight is 343 g/mol. The molecule has 2 rings (SSSR count). The molecule has 0 saturated carbocycles. The highest BCUT2D eigenvalue weighted by atomic mass is 35.5. The quantitative estimate of drug-likeness (QED) is 0.771. The standard InChI is InChI=1S/C16H20Cl2N2O2/c1-2-6-19-7-3-8-20(10-9-19)16(21)12-22-15-5-4-13(17)11-14(15)18/h2,4-5,11H,1,3,6-10,12H2. The zero-order valence-corrected chi connectivity index (χ0v) is 13.9. The molecule has 0 bridgehead atoms. The Kier molecular flexibility index (Phi) is 6.55. The van der Waals surface area contributed by atoms with E-state index in [0.717, 1.165) is 32.6 Å². The van der Waals surface area contributed by atoms with Crippen LogP contribution in [-0.2, 0) is 4.79 Å². The molecular weight excluding hydrogens is 323 g/mol. The number of nitrogens with zero attached hydrogens (tertiary/aromatic N) is 2. The molecule has 22 heavy (non-hydrogen) atoms. The highest BCUT2D eigenvalue weighted by Crippen LogP contribution is 2.27. The molecule has 1 fully saturated rings. The van der Waals surface area contributed by atoms with Gasteiger partial charge in [-0.25, -0.2) is 0 Å². The van der Waals surface area contributed by atoms with Crippen molar-refractivity contribution in [2.24, 2.45) is 0 Å². The Labute approximate surface area is 141 Å². The van der Waals surface area contributed by atoms with E-state index in [9.17, 15) is 4.79 Å². The van der Waals surface area contributed by atoms with Crippen molar-refractivity contribution < 1.29 is 9.53 Å². The molecule has 0 N–H and O–H groups in total. The van der Waals surface area contributed by atoms with E-state index in [1.165, 1.54) is 0 Å². The lowest BCUT2D eigenvalue weighted by atomic mass is 10.3. The first kappa shape index (κ1) is 17.1.